The summed E-state index contributed by atoms with van der Waals surface area (Å²) in [5.74, 6) is -0.00856. The third-order valence-corrected chi connectivity index (χ3v) is 6.41. The first kappa shape index (κ1) is 21.4. The van der Waals surface area contributed by atoms with E-state index in [1.807, 2.05) is 36.4 Å². The van der Waals surface area contributed by atoms with Gasteiger partial charge in [0.05, 0.1) is 20.8 Å². The molecule has 0 saturated heterocycles. The molecule has 0 spiro atoms. The Bertz CT molecular complexity index is 1260. The van der Waals surface area contributed by atoms with E-state index in [2.05, 4.69) is 42.2 Å². The van der Waals surface area contributed by atoms with Crippen molar-refractivity contribution in [2.45, 2.75) is 0 Å². The number of amides is 1. The monoisotopic (exact) mass is 561 g/mol. The minimum absolute atomic E-state index is 0.0453. The number of aromatic nitrogens is 1. The zero-order valence-electron chi connectivity index (χ0n) is 15.7. The molecule has 1 N–H and O–H groups in total. The lowest BCUT2D eigenvalue weighted by Gasteiger charge is -2.13. The number of rotatable bonds is 6. The van der Waals surface area contributed by atoms with Gasteiger partial charge in [0.2, 0.25) is 0 Å². The molecule has 4 rings (SSSR count). The zero-order valence-corrected chi connectivity index (χ0v) is 19.7. The van der Waals surface area contributed by atoms with Crippen molar-refractivity contribution in [3.8, 4) is 16.3 Å². The number of nitrogens with one attached hydrogen (secondary N) is 1. The molecule has 7 nitrogen and oxygen atoms in total. The fourth-order valence-corrected chi connectivity index (χ4v) is 5.16. The Morgan fingerprint density at radius 3 is 2.58 bits per heavy atom. The van der Waals surface area contributed by atoms with Crippen molar-refractivity contribution in [1.29, 1.82) is 0 Å². The van der Waals surface area contributed by atoms with Crippen LogP contribution in [0.2, 0.25) is 0 Å². The molecular weight excluding hydrogens is 550 g/mol. The van der Waals surface area contributed by atoms with Gasteiger partial charge in [-0.1, -0.05) is 28.1 Å². The highest BCUT2D eigenvalue weighted by Crippen LogP contribution is 2.40. The molecule has 0 saturated carbocycles. The highest BCUT2D eigenvalue weighted by atomic mass is 79.9. The summed E-state index contributed by atoms with van der Waals surface area (Å²) < 4.78 is 8.04. The third kappa shape index (κ3) is 4.92. The molecule has 156 valence electrons. The van der Waals surface area contributed by atoms with E-state index in [1.165, 1.54) is 35.6 Å². The Hall–Kier alpha value is -2.82. The first-order valence-corrected chi connectivity index (χ1v) is 11.3. The van der Waals surface area contributed by atoms with Crippen LogP contribution in [0.4, 0.5) is 11.4 Å². The molecule has 0 fully saturated rings. The molecule has 0 aliphatic rings. The highest BCUT2D eigenvalue weighted by molar-refractivity contribution is 9.11. The van der Waals surface area contributed by atoms with Crippen LogP contribution in [0.3, 0.4) is 0 Å². The number of nitro groups is 1. The molecule has 1 aromatic heterocycles. The van der Waals surface area contributed by atoms with Crippen molar-refractivity contribution in [1.82, 2.24) is 4.98 Å². The molecule has 31 heavy (non-hydrogen) atoms. The number of halogens is 2. The number of carbonyl (C=O) groups excluding carboxylic acids is 1. The van der Waals surface area contributed by atoms with Crippen LogP contribution in [0, 0.1) is 10.1 Å². The van der Waals surface area contributed by atoms with Crippen molar-refractivity contribution in [2.24, 2.45) is 0 Å². The van der Waals surface area contributed by atoms with Gasteiger partial charge >= 0.3 is 0 Å². The minimum atomic E-state index is -0.495. The summed E-state index contributed by atoms with van der Waals surface area (Å²) in [6.45, 7) is -0.250. The molecule has 1 heterocycles. The third-order valence-electron chi connectivity index (χ3n) is 4.26. The number of anilines is 1. The molecular formula is C21H13Br2N3O4S. The van der Waals surface area contributed by atoms with Gasteiger partial charge in [-0.15, -0.1) is 11.3 Å². The first-order valence-electron chi connectivity index (χ1n) is 8.93. The number of nitro benzene ring substituents is 1. The first-order chi connectivity index (χ1) is 14.9. The summed E-state index contributed by atoms with van der Waals surface area (Å²) in [6.07, 6.45) is 0. The molecule has 1 amide bonds. The SMILES string of the molecule is O=C(COc1ccc([N+](=O)[O-])cc1)Nc1c(Br)cc(Br)cc1-c1nc2ccccc2s1. The summed E-state index contributed by atoms with van der Waals surface area (Å²) in [6, 6.07) is 17.1. The van der Waals surface area contributed by atoms with Gasteiger partial charge in [-0.25, -0.2) is 4.98 Å². The predicted molar refractivity (Wildman–Crippen MR) is 128 cm³/mol. The van der Waals surface area contributed by atoms with Crippen LogP contribution in [0.1, 0.15) is 0 Å². The van der Waals surface area contributed by atoms with Gasteiger partial charge in [0.25, 0.3) is 11.6 Å². The molecule has 10 heteroatoms. The molecule has 0 unspecified atom stereocenters. The quantitative estimate of drug-likeness (QED) is 0.216. The highest BCUT2D eigenvalue weighted by Gasteiger charge is 2.17. The number of benzene rings is 3. The maximum Gasteiger partial charge on any atom is 0.269 e. The Morgan fingerprint density at radius 2 is 1.87 bits per heavy atom. The molecule has 0 radical (unpaired) electrons. The van der Waals surface area contributed by atoms with Gasteiger partial charge in [0.1, 0.15) is 10.8 Å². The Morgan fingerprint density at radius 1 is 1.13 bits per heavy atom. The number of para-hydroxylation sites is 1. The van der Waals surface area contributed by atoms with Crippen molar-refractivity contribution in [3.05, 3.63) is 79.7 Å². The molecule has 0 bridgehead atoms. The second-order valence-electron chi connectivity index (χ2n) is 6.38. The van der Waals surface area contributed by atoms with Crippen LogP contribution in [0.5, 0.6) is 5.75 Å². The molecule has 0 aliphatic heterocycles. The van der Waals surface area contributed by atoms with Crippen LogP contribution >= 0.6 is 43.2 Å². The topological polar surface area (TPSA) is 94.4 Å². The van der Waals surface area contributed by atoms with E-state index in [0.29, 0.717) is 15.9 Å². The lowest BCUT2D eigenvalue weighted by atomic mass is 10.2. The van der Waals surface area contributed by atoms with Crippen molar-refractivity contribution >= 4 is 70.7 Å². The van der Waals surface area contributed by atoms with E-state index in [9.17, 15) is 14.9 Å². The molecule has 3 aromatic carbocycles. The van der Waals surface area contributed by atoms with Gasteiger partial charge in [-0.3, -0.25) is 14.9 Å². The van der Waals surface area contributed by atoms with Gasteiger partial charge in [0.15, 0.2) is 6.61 Å². The summed E-state index contributed by atoms with van der Waals surface area (Å²) in [5, 5.41) is 14.4. The summed E-state index contributed by atoms with van der Waals surface area (Å²) in [7, 11) is 0. The van der Waals surface area contributed by atoms with Crippen molar-refractivity contribution in [3.63, 3.8) is 0 Å². The van der Waals surface area contributed by atoms with E-state index in [0.717, 1.165) is 25.3 Å². The Labute approximate surface area is 197 Å². The number of hydrogen-bond acceptors (Lipinski definition) is 6. The van der Waals surface area contributed by atoms with Crippen molar-refractivity contribution < 1.29 is 14.5 Å². The fraction of sp³-hybridized carbons (Fsp3) is 0.0476. The number of fused-ring (bicyclic) bond motifs is 1. The summed E-state index contributed by atoms with van der Waals surface area (Å²) in [4.78, 5) is 27.5. The number of carbonyl (C=O) groups is 1. The van der Waals surface area contributed by atoms with E-state index in [-0.39, 0.29) is 18.2 Å². The standard InChI is InChI=1S/C21H13Br2N3O4S/c22-12-9-15(21-24-17-3-1-2-4-18(17)31-21)20(16(23)10-12)25-19(27)11-30-14-7-5-13(6-8-14)26(28)29/h1-10H,11H2,(H,25,27). The van der Waals surface area contributed by atoms with Gasteiger partial charge in [-0.05, 0) is 52.3 Å². The normalized spacial score (nSPS) is 10.8. The number of ether oxygens (including phenoxy) is 1. The Kier molecular flexibility index (Phi) is 6.30. The van der Waals surface area contributed by atoms with Crippen molar-refractivity contribution in [2.75, 3.05) is 11.9 Å². The Balaban J connectivity index is 1.55. The van der Waals surface area contributed by atoms with E-state index in [4.69, 9.17) is 4.74 Å². The van der Waals surface area contributed by atoms with Crippen LogP contribution in [0.25, 0.3) is 20.8 Å². The fourth-order valence-electron chi connectivity index (χ4n) is 2.85. The zero-order chi connectivity index (χ0) is 22.0. The van der Waals surface area contributed by atoms with E-state index >= 15 is 0 Å². The lowest BCUT2D eigenvalue weighted by molar-refractivity contribution is -0.384. The summed E-state index contributed by atoms with van der Waals surface area (Å²) in [5.41, 5.74) is 2.19. The maximum absolute atomic E-state index is 12.6. The second kappa shape index (κ2) is 9.13. The second-order valence-corrected chi connectivity index (χ2v) is 9.19. The number of nitrogens with zero attached hydrogens (tertiary/aromatic N) is 2. The van der Waals surface area contributed by atoms with Gasteiger partial charge in [0, 0.05) is 26.6 Å². The summed E-state index contributed by atoms with van der Waals surface area (Å²) >= 11 is 8.54. The number of non-ortho nitro benzene ring substituents is 1. The average molecular weight is 563 g/mol. The van der Waals surface area contributed by atoms with Crippen LogP contribution < -0.4 is 10.1 Å². The minimum Gasteiger partial charge on any atom is -0.484 e. The largest absolute Gasteiger partial charge is 0.484 e. The van der Waals surface area contributed by atoms with E-state index in [1.54, 1.807) is 0 Å². The molecule has 4 aromatic rings. The number of thiazole rings is 1. The van der Waals surface area contributed by atoms with E-state index < -0.39 is 4.92 Å². The van der Waals surface area contributed by atoms with Crippen LogP contribution in [-0.2, 0) is 4.79 Å². The smallest absolute Gasteiger partial charge is 0.269 e. The van der Waals surface area contributed by atoms with Gasteiger partial charge in [-0.2, -0.15) is 0 Å². The number of hydrogen-bond donors (Lipinski definition) is 1. The molecule has 0 atom stereocenters. The van der Waals surface area contributed by atoms with Crippen LogP contribution in [-0.4, -0.2) is 22.4 Å². The maximum atomic E-state index is 12.6. The molecule has 0 aliphatic carbocycles. The average Bonchev–Trinajstić information content (AvgIpc) is 3.18. The van der Waals surface area contributed by atoms with Crippen LogP contribution in [0.15, 0.2) is 69.6 Å². The van der Waals surface area contributed by atoms with Gasteiger partial charge < -0.3 is 10.1 Å². The lowest BCUT2D eigenvalue weighted by Crippen LogP contribution is -2.20. The predicted octanol–water partition coefficient (Wildman–Crippen LogP) is 6.41.